The first-order chi connectivity index (χ1) is 12.3. The van der Waals surface area contributed by atoms with Crippen LogP contribution >= 0.6 is 0 Å². The minimum Gasteiger partial charge on any atom is -0.405 e. The van der Waals surface area contributed by atoms with E-state index < -0.39 is 18.2 Å². The minimum absolute atomic E-state index is 0.178. The Kier molecular flexibility index (Phi) is 5.19. The Bertz CT molecular complexity index is 671. The number of benzene rings is 1. The minimum atomic E-state index is -4.77. The number of imide groups is 1. The lowest BCUT2D eigenvalue weighted by molar-refractivity contribution is -0.275. The molecule has 6 nitrogen and oxygen atoms in total. The van der Waals surface area contributed by atoms with Crippen LogP contribution in [0.1, 0.15) is 5.56 Å². The van der Waals surface area contributed by atoms with Gasteiger partial charge in [0, 0.05) is 32.3 Å². The number of rotatable bonds is 6. The van der Waals surface area contributed by atoms with Gasteiger partial charge in [0.05, 0.1) is 25.0 Å². The van der Waals surface area contributed by atoms with E-state index in [2.05, 4.69) is 4.74 Å². The van der Waals surface area contributed by atoms with E-state index in [4.69, 9.17) is 4.74 Å². The number of para-hydroxylation sites is 1. The monoisotopic (exact) mass is 372 g/mol. The average Bonchev–Trinajstić information content (AvgIpc) is 3.07. The maximum absolute atomic E-state index is 12.5. The smallest absolute Gasteiger partial charge is 0.405 e. The number of hydrogen-bond donors (Lipinski definition) is 0. The normalized spacial score (nSPS) is 23.6. The molecular formula is C17H19F3N2O4. The molecule has 0 N–H and O–H groups in total. The van der Waals surface area contributed by atoms with E-state index in [0.29, 0.717) is 18.7 Å². The fourth-order valence-electron chi connectivity index (χ4n) is 3.53. The number of likely N-dealkylation sites (tertiary alicyclic amines) is 2. The van der Waals surface area contributed by atoms with Crippen LogP contribution in [0.15, 0.2) is 24.3 Å². The van der Waals surface area contributed by atoms with Crippen LogP contribution in [0.5, 0.6) is 5.75 Å². The summed E-state index contributed by atoms with van der Waals surface area (Å²) in [7, 11) is 1.49. The zero-order chi connectivity index (χ0) is 18.9. The number of halogens is 3. The number of ether oxygens (including phenoxy) is 2. The van der Waals surface area contributed by atoms with Gasteiger partial charge in [-0.15, -0.1) is 13.2 Å². The number of methoxy groups -OCH3 is 1. The van der Waals surface area contributed by atoms with E-state index in [1.807, 2.05) is 4.90 Å². The number of carbonyl (C=O) groups is 2. The van der Waals surface area contributed by atoms with Gasteiger partial charge in [0.25, 0.3) is 0 Å². The van der Waals surface area contributed by atoms with Crippen molar-refractivity contribution in [2.45, 2.75) is 12.9 Å². The third-order valence-corrected chi connectivity index (χ3v) is 4.67. The van der Waals surface area contributed by atoms with Crippen LogP contribution in [0.3, 0.4) is 0 Å². The molecule has 0 aromatic heterocycles. The third kappa shape index (κ3) is 3.83. The molecule has 0 unspecified atom stereocenters. The van der Waals surface area contributed by atoms with Gasteiger partial charge in [-0.1, -0.05) is 18.2 Å². The lowest BCUT2D eigenvalue weighted by Crippen LogP contribution is -2.37. The Morgan fingerprint density at radius 2 is 1.73 bits per heavy atom. The Balaban J connectivity index is 1.67. The van der Waals surface area contributed by atoms with Gasteiger partial charge in [-0.05, 0) is 6.07 Å². The molecule has 1 aromatic rings. The van der Waals surface area contributed by atoms with E-state index in [9.17, 15) is 22.8 Å². The molecule has 26 heavy (non-hydrogen) atoms. The molecule has 0 radical (unpaired) electrons. The second-order valence-corrected chi connectivity index (χ2v) is 6.38. The zero-order valence-electron chi connectivity index (χ0n) is 14.2. The Labute approximate surface area is 148 Å². The third-order valence-electron chi connectivity index (χ3n) is 4.67. The fraction of sp³-hybridized carbons (Fsp3) is 0.529. The van der Waals surface area contributed by atoms with E-state index in [1.54, 1.807) is 12.1 Å². The van der Waals surface area contributed by atoms with Crippen LogP contribution in [-0.4, -0.2) is 61.3 Å². The lowest BCUT2D eigenvalue weighted by atomic mass is 10.00. The number of alkyl halides is 3. The summed E-state index contributed by atoms with van der Waals surface area (Å²) in [6.45, 7) is 1.35. The largest absolute Gasteiger partial charge is 0.573 e. The molecule has 2 heterocycles. The second-order valence-electron chi connectivity index (χ2n) is 6.38. The average molecular weight is 372 g/mol. The molecule has 3 rings (SSSR count). The van der Waals surface area contributed by atoms with Crippen molar-refractivity contribution in [3.63, 3.8) is 0 Å². The van der Waals surface area contributed by atoms with Crippen LogP contribution < -0.4 is 4.74 Å². The number of fused-ring (bicyclic) bond motifs is 1. The summed E-state index contributed by atoms with van der Waals surface area (Å²) < 4.78 is 46.6. The van der Waals surface area contributed by atoms with Gasteiger partial charge in [-0.3, -0.25) is 19.4 Å². The Morgan fingerprint density at radius 3 is 2.31 bits per heavy atom. The van der Waals surface area contributed by atoms with Gasteiger partial charge in [0.2, 0.25) is 11.8 Å². The van der Waals surface area contributed by atoms with Crippen molar-refractivity contribution in [1.29, 1.82) is 0 Å². The van der Waals surface area contributed by atoms with Gasteiger partial charge < -0.3 is 9.47 Å². The molecule has 2 saturated heterocycles. The summed E-state index contributed by atoms with van der Waals surface area (Å²) in [6.07, 6.45) is -4.77. The second kappa shape index (κ2) is 7.24. The van der Waals surface area contributed by atoms with E-state index in [1.165, 1.54) is 24.1 Å². The first kappa shape index (κ1) is 18.7. The van der Waals surface area contributed by atoms with E-state index in [0.717, 1.165) is 0 Å². The maximum atomic E-state index is 12.5. The summed E-state index contributed by atoms with van der Waals surface area (Å²) in [6, 6.07) is 5.88. The summed E-state index contributed by atoms with van der Waals surface area (Å²) in [5.74, 6) is -1.64. The number of nitrogens with zero attached hydrogens (tertiary/aromatic N) is 2. The van der Waals surface area contributed by atoms with Gasteiger partial charge in [-0.25, -0.2) is 0 Å². The fourth-order valence-corrected chi connectivity index (χ4v) is 3.53. The zero-order valence-corrected chi connectivity index (χ0v) is 14.2. The first-order valence-corrected chi connectivity index (χ1v) is 8.20. The van der Waals surface area contributed by atoms with Gasteiger partial charge >= 0.3 is 6.36 Å². The van der Waals surface area contributed by atoms with Crippen molar-refractivity contribution < 1.29 is 32.2 Å². The molecule has 2 aliphatic heterocycles. The van der Waals surface area contributed by atoms with Crippen molar-refractivity contribution in [2.24, 2.45) is 11.8 Å². The molecule has 1 aromatic carbocycles. The summed E-state index contributed by atoms with van der Waals surface area (Å²) in [5, 5.41) is 0. The maximum Gasteiger partial charge on any atom is 0.573 e. The predicted octanol–water partition coefficient (Wildman–Crippen LogP) is 1.65. The van der Waals surface area contributed by atoms with Crippen molar-refractivity contribution in [3.05, 3.63) is 29.8 Å². The number of hydrogen-bond acceptors (Lipinski definition) is 5. The molecule has 2 aliphatic rings. The molecule has 142 valence electrons. The van der Waals surface area contributed by atoms with E-state index >= 15 is 0 Å². The SMILES string of the molecule is COCCN1C(=O)[C@H]2CN(Cc3ccccc3OC(F)(F)F)C[C@H]2C1=O. The summed E-state index contributed by atoms with van der Waals surface area (Å²) in [5.41, 5.74) is 0.362. The Morgan fingerprint density at radius 1 is 1.12 bits per heavy atom. The molecule has 9 heteroatoms. The highest BCUT2D eigenvalue weighted by Gasteiger charge is 2.52. The van der Waals surface area contributed by atoms with Crippen LogP contribution in [0.2, 0.25) is 0 Å². The van der Waals surface area contributed by atoms with Gasteiger partial charge in [-0.2, -0.15) is 0 Å². The van der Waals surface area contributed by atoms with Crippen molar-refractivity contribution in [2.75, 3.05) is 33.4 Å². The quantitative estimate of drug-likeness (QED) is 0.711. The summed E-state index contributed by atoms with van der Waals surface area (Å²) >= 11 is 0. The highest BCUT2D eigenvalue weighted by atomic mass is 19.4. The number of amides is 2. The molecule has 0 bridgehead atoms. The molecule has 0 aliphatic carbocycles. The lowest BCUT2D eigenvalue weighted by Gasteiger charge is -2.21. The van der Waals surface area contributed by atoms with Crippen molar-refractivity contribution in [3.8, 4) is 5.75 Å². The van der Waals surface area contributed by atoms with Crippen molar-refractivity contribution >= 4 is 11.8 Å². The summed E-state index contributed by atoms with van der Waals surface area (Å²) in [4.78, 5) is 27.8. The van der Waals surface area contributed by atoms with Crippen LogP contribution in [-0.2, 0) is 20.9 Å². The number of carbonyl (C=O) groups excluding carboxylic acids is 2. The standard InChI is InChI=1S/C17H19F3N2O4/c1-25-7-6-22-15(23)12-9-21(10-13(12)16(22)24)8-11-4-2-3-5-14(11)26-17(18,19)20/h2-5,12-13H,6-10H2,1H3/t12-,13+. The van der Waals surface area contributed by atoms with Gasteiger partial charge in [0.1, 0.15) is 5.75 Å². The van der Waals surface area contributed by atoms with Crippen LogP contribution in [0, 0.1) is 11.8 Å². The Hall–Kier alpha value is -2.13. The molecular weight excluding hydrogens is 353 g/mol. The van der Waals surface area contributed by atoms with Crippen LogP contribution in [0.25, 0.3) is 0 Å². The molecule has 2 amide bonds. The van der Waals surface area contributed by atoms with Crippen LogP contribution in [0.4, 0.5) is 13.2 Å². The molecule has 2 fully saturated rings. The van der Waals surface area contributed by atoms with Gasteiger partial charge in [0.15, 0.2) is 0 Å². The first-order valence-electron chi connectivity index (χ1n) is 8.20. The highest BCUT2D eigenvalue weighted by Crippen LogP contribution is 2.35. The topological polar surface area (TPSA) is 59.1 Å². The molecule has 0 spiro atoms. The molecule has 0 saturated carbocycles. The highest BCUT2D eigenvalue weighted by molar-refractivity contribution is 6.05. The molecule has 2 atom stereocenters. The predicted molar refractivity (Wildman–Crippen MR) is 84.0 cm³/mol. The van der Waals surface area contributed by atoms with Crippen molar-refractivity contribution in [1.82, 2.24) is 9.80 Å². The van der Waals surface area contributed by atoms with E-state index in [-0.39, 0.29) is 37.3 Å².